The van der Waals surface area contributed by atoms with E-state index in [2.05, 4.69) is 22.3 Å². The van der Waals surface area contributed by atoms with Crippen LogP contribution in [0.15, 0.2) is 36.5 Å². The molecule has 0 unspecified atom stereocenters. The average Bonchev–Trinajstić information content (AvgIpc) is 3.62. The monoisotopic (exact) mass is 507 g/mol. The summed E-state index contributed by atoms with van der Waals surface area (Å²) in [5.41, 5.74) is 7.03. The molecule has 1 saturated carbocycles. The topological polar surface area (TPSA) is 120 Å². The first-order valence-corrected chi connectivity index (χ1v) is 13.1. The Hall–Kier alpha value is -3.20. The fourth-order valence-corrected chi connectivity index (χ4v) is 5.89. The minimum absolute atomic E-state index is 0.118. The molecular weight excluding hydrogens is 470 g/mol. The van der Waals surface area contributed by atoms with Crippen LogP contribution in [-0.2, 0) is 14.9 Å². The molecule has 1 spiro atoms. The van der Waals surface area contributed by atoms with E-state index in [-0.39, 0.29) is 28.7 Å². The summed E-state index contributed by atoms with van der Waals surface area (Å²) >= 11 is 0. The number of ether oxygens (including phenoxy) is 2. The van der Waals surface area contributed by atoms with Gasteiger partial charge in [0.25, 0.3) is 5.91 Å². The lowest BCUT2D eigenvalue weighted by Gasteiger charge is -2.43. The van der Waals surface area contributed by atoms with Crippen LogP contribution >= 0.6 is 0 Å². The number of nitrogens with two attached hydrogens (primary N) is 1. The predicted octanol–water partition coefficient (Wildman–Crippen LogP) is 3.55. The van der Waals surface area contributed by atoms with Gasteiger partial charge in [-0.1, -0.05) is 30.3 Å². The number of rotatable bonds is 5. The standard InChI is InChI=1S/C28H37N5O4/c1-18-22(32-25(35)37-26(2,3)4)27(17-36-18)12-14-33(15-13-27)24-21(23(29)34)31-20(16-30-24)28(10-11-28)19-8-6-5-7-9-19/h5-9,16,18,22H,10-15,17H2,1-4H3,(H2,29,34)(H,32,35)/t18-,22+/m0/s1. The highest BCUT2D eigenvalue weighted by Crippen LogP contribution is 2.53. The Morgan fingerprint density at radius 2 is 1.81 bits per heavy atom. The fraction of sp³-hybridized carbons (Fsp3) is 0.571. The molecule has 198 valence electrons. The van der Waals surface area contributed by atoms with Crippen molar-refractivity contribution in [3.63, 3.8) is 0 Å². The van der Waals surface area contributed by atoms with Crippen molar-refractivity contribution in [3.8, 4) is 0 Å². The van der Waals surface area contributed by atoms with Crippen LogP contribution in [0.2, 0.25) is 0 Å². The number of anilines is 1. The summed E-state index contributed by atoms with van der Waals surface area (Å²) in [4.78, 5) is 36.6. The average molecular weight is 508 g/mol. The molecule has 0 bridgehead atoms. The minimum Gasteiger partial charge on any atom is -0.444 e. The van der Waals surface area contributed by atoms with E-state index in [1.54, 1.807) is 6.20 Å². The van der Waals surface area contributed by atoms with Crippen molar-refractivity contribution in [2.24, 2.45) is 11.1 Å². The van der Waals surface area contributed by atoms with Crippen molar-refractivity contribution in [3.05, 3.63) is 53.5 Å². The second-order valence-corrected chi connectivity index (χ2v) is 11.7. The van der Waals surface area contributed by atoms with Crippen LogP contribution in [0.25, 0.3) is 0 Å². The minimum atomic E-state index is -0.573. The van der Waals surface area contributed by atoms with Crippen LogP contribution in [0.5, 0.6) is 0 Å². The molecule has 9 nitrogen and oxygen atoms in total. The van der Waals surface area contributed by atoms with Crippen LogP contribution in [-0.4, -0.2) is 59.4 Å². The van der Waals surface area contributed by atoms with Gasteiger partial charge in [0.1, 0.15) is 5.60 Å². The van der Waals surface area contributed by atoms with Crippen molar-refractivity contribution in [1.82, 2.24) is 15.3 Å². The third kappa shape index (κ3) is 4.89. The first-order chi connectivity index (χ1) is 17.5. The molecule has 2 aromatic rings. The van der Waals surface area contributed by atoms with Gasteiger partial charge in [-0.25, -0.2) is 14.8 Å². The van der Waals surface area contributed by atoms with Crippen LogP contribution in [0.3, 0.4) is 0 Å². The van der Waals surface area contributed by atoms with Gasteiger partial charge in [0.15, 0.2) is 11.5 Å². The lowest BCUT2D eigenvalue weighted by molar-refractivity contribution is 0.0434. The third-order valence-electron chi connectivity index (χ3n) is 8.05. The highest BCUT2D eigenvalue weighted by atomic mass is 16.6. The largest absolute Gasteiger partial charge is 0.444 e. The number of nitrogens with one attached hydrogen (secondary N) is 1. The highest BCUT2D eigenvalue weighted by Gasteiger charge is 2.51. The van der Waals surface area contributed by atoms with Gasteiger partial charge in [-0.05, 0) is 58.9 Å². The van der Waals surface area contributed by atoms with E-state index < -0.39 is 17.6 Å². The lowest BCUT2D eigenvalue weighted by Crippen LogP contribution is -2.55. The summed E-state index contributed by atoms with van der Waals surface area (Å²) in [5.74, 6) is -0.0469. The molecule has 3 aliphatic rings. The first kappa shape index (κ1) is 25.4. The van der Waals surface area contributed by atoms with Gasteiger partial charge in [-0.15, -0.1) is 0 Å². The number of aromatic nitrogens is 2. The van der Waals surface area contributed by atoms with Crippen molar-refractivity contribution in [1.29, 1.82) is 0 Å². The Kier molecular flexibility index (Phi) is 6.38. The Labute approximate surface area is 218 Å². The molecule has 2 saturated heterocycles. The Morgan fingerprint density at radius 1 is 1.14 bits per heavy atom. The molecule has 2 atom stereocenters. The number of amides is 2. The summed E-state index contributed by atoms with van der Waals surface area (Å²) in [7, 11) is 0. The molecule has 2 aliphatic heterocycles. The lowest BCUT2D eigenvalue weighted by atomic mass is 9.73. The van der Waals surface area contributed by atoms with E-state index in [1.807, 2.05) is 45.9 Å². The van der Waals surface area contributed by atoms with E-state index in [0.29, 0.717) is 25.5 Å². The number of primary amides is 1. The number of carbonyl (C=O) groups is 2. The van der Waals surface area contributed by atoms with E-state index in [9.17, 15) is 9.59 Å². The van der Waals surface area contributed by atoms with Gasteiger partial charge in [0, 0.05) is 23.9 Å². The SMILES string of the molecule is C[C@@H]1OCC2(CCN(c3ncc(C4(c5ccccc5)CC4)nc3C(N)=O)CC2)[C@@H]1NC(=O)OC(C)(C)C. The zero-order valence-electron chi connectivity index (χ0n) is 22.1. The summed E-state index contributed by atoms with van der Waals surface area (Å²) in [6.45, 7) is 9.41. The maximum absolute atomic E-state index is 12.5. The fourth-order valence-electron chi connectivity index (χ4n) is 5.89. The van der Waals surface area contributed by atoms with Crippen LogP contribution in [0.4, 0.5) is 10.6 Å². The Morgan fingerprint density at radius 3 is 2.41 bits per heavy atom. The maximum atomic E-state index is 12.5. The zero-order chi connectivity index (χ0) is 26.4. The quantitative estimate of drug-likeness (QED) is 0.635. The summed E-state index contributed by atoms with van der Waals surface area (Å²) in [6.07, 6.45) is 4.74. The van der Waals surface area contributed by atoms with E-state index >= 15 is 0 Å². The number of piperidine rings is 1. The van der Waals surface area contributed by atoms with Crippen molar-refractivity contribution in [2.45, 2.75) is 76.5 Å². The zero-order valence-corrected chi connectivity index (χ0v) is 22.1. The van der Waals surface area contributed by atoms with E-state index in [0.717, 1.165) is 31.4 Å². The molecule has 5 rings (SSSR count). The molecule has 0 radical (unpaired) electrons. The molecule has 1 aromatic heterocycles. The van der Waals surface area contributed by atoms with Gasteiger partial charge in [0.05, 0.1) is 30.6 Å². The van der Waals surface area contributed by atoms with Gasteiger partial charge in [-0.2, -0.15) is 0 Å². The molecule has 3 heterocycles. The van der Waals surface area contributed by atoms with Crippen LogP contribution in [0, 0.1) is 5.41 Å². The first-order valence-electron chi connectivity index (χ1n) is 13.1. The molecule has 2 amide bonds. The van der Waals surface area contributed by atoms with E-state index in [1.165, 1.54) is 5.56 Å². The van der Waals surface area contributed by atoms with Crippen molar-refractivity contribution >= 4 is 17.8 Å². The third-order valence-corrected chi connectivity index (χ3v) is 8.05. The number of hydrogen-bond acceptors (Lipinski definition) is 7. The molecule has 1 aliphatic carbocycles. The molecule has 3 N–H and O–H groups in total. The van der Waals surface area contributed by atoms with Gasteiger partial charge >= 0.3 is 6.09 Å². The van der Waals surface area contributed by atoms with E-state index in [4.69, 9.17) is 25.2 Å². The molecule has 1 aromatic carbocycles. The molecule has 37 heavy (non-hydrogen) atoms. The summed E-state index contributed by atoms with van der Waals surface area (Å²) < 4.78 is 11.5. The number of alkyl carbamates (subject to hydrolysis) is 1. The van der Waals surface area contributed by atoms with Crippen molar-refractivity contribution < 1.29 is 19.1 Å². The second-order valence-electron chi connectivity index (χ2n) is 11.7. The molecule has 3 fully saturated rings. The van der Waals surface area contributed by atoms with Gasteiger partial charge in [0.2, 0.25) is 0 Å². The van der Waals surface area contributed by atoms with Gasteiger partial charge < -0.3 is 25.4 Å². The Balaban J connectivity index is 1.33. The maximum Gasteiger partial charge on any atom is 0.407 e. The number of hydrogen-bond donors (Lipinski definition) is 2. The molecule has 9 heteroatoms. The van der Waals surface area contributed by atoms with Crippen LogP contribution < -0.4 is 16.0 Å². The normalized spacial score (nSPS) is 24.1. The molecular formula is C28H37N5O4. The number of nitrogens with zero attached hydrogens (tertiary/aromatic N) is 3. The Bertz CT molecular complexity index is 1170. The van der Waals surface area contributed by atoms with Gasteiger partial charge in [-0.3, -0.25) is 4.79 Å². The number of benzene rings is 1. The summed E-state index contributed by atoms with van der Waals surface area (Å²) in [5, 5.41) is 3.07. The predicted molar refractivity (Wildman–Crippen MR) is 139 cm³/mol. The van der Waals surface area contributed by atoms with Crippen molar-refractivity contribution in [2.75, 3.05) is 24.6 Å². The number of carbonyl (C=O) groups excluding carboxylic acids is 2. The van der Waals surface area contributed by atoms with Crippen LogP contribution in [0.1, 0.15) is 75.1 Å². The smallest absolute Gasteiger partial charge is 0.407 e. The highest BCUT2D eigenvalue weighted by molar-refractivity contribution is 5.95. The summed E-state index contributed by atoms with van der Waals surface area (Å²) in [6, 6.07) is 10.1. The second kappa shape index (κ2) is 9.28.